The Balaban J connectivity index is 3.40. The Morgan fingerprint density at radius 1 is 1.10 bits per heavy atom. The third-order valence-electron chi connectivity index (χ3n) is 3.05. The lowest BCUT2D eigenvalue weighted by Crippen LogP contribution is -2.14. The monoisotopic (exact) mass is 278 g/mol. The number of carbonyl (C=O) groups is 3. The minimum absolute atomic E-state index is 0.409. The van der Waals surface area contributed by atoms with E-state index < -0.39 is 18.0 Å². The van der Waals surface area contributed by atoms with E-state index in [0.717, 1.165) is 11.1 Å². The minimum Gasteiger partial charge on any atom is -0.450 e. The van der Waals surface area contributed by atoms with Crippen molar-refractivity contribution < 1.29 is 23.9 Å². The van der Waals surface area contributed by atoms with Crippen molar-refractivity contribution in [3.05, 3.63) is 28.3 Å². The molecule has 0 heterocycles. The van der Waals surface area contributed by atoms with Crippen LogP contribution in [0.15, 0.2) is 6.07 Å². The van der Waals surface area contributed by atoms with Crippen LogP contribution in [0.5, 0.6) is 5.75 Å². The van der Waals surface area contributed by atoms with Crippen molar-refractivity contribution in [1.82, 2.24) is 0 Å². The lowest BCUT2D eigenvalue weighted by Gasteiger charge is -2.19. The normalized spacial score (nSPS) is 11.7. The van der Waals surface area contributed by atoms with Crippen LogP contribution < -0.4 is 4.74 Å². The summed E-state index contributed by atoms with van der Waals surface area (Å²) in [6.07, 6.45) is -0.447. The minimum atomic E-state index is -0.999. The molecule has 0 N–H and O–H groups in total. The van der Waals surface area contributed by atoms with Gasteiger partial charge < -0.3 is 9.47 Å². The van der Waals surface area contributed by atoms with Gasteiger partial charge in [0.2, 0.25) is 0 Å². The number of benzene rings is 1. The molecule has 0 spiro atoms. The molecule has 0 fully saturated rings. The maximum absolute atomic E-state index is 11.2. The molecule has 1 unspecified atom stereocenters. The fourth-order valence-electron chi connectivity index (χ4n) is 1.98. The fourth-order valence-corrected chi connectivity index (χ4v) is 1.98. The summed E-state index contributed by atoms with van der Waals surface area (Å²) in [4.78, 5) is 33.4. The molecule has 0 radical (unpaired) electrons. The van der Waals surface area contributed by atoms with E-state index in [4.69, 9.17) is 9.47 Å². The Morgan fingerprint density at radius 2 is 1.70 bits per heavy atom. The van der Waals surface area contributed by atoms with Crippen molar-refractivity contribution in [2.75, 3.05) is 0 Å². The van der Waals surface area contributed by atoms with Gasteiger partial charge in [-0.1, -0.05) is 6.07 Å². The standard InChI is InChI=1S/C15H18O5/c1-8-6-13(14(7-16)19-11(4)17)10(3)15(9(8)2)20-12(5)18/h6-7,14H,1-5H3. The second kappa shape index (κ2) is 6.32. The zero-order chi connectivity index (χ0) is 15.4. The average molecular weight is 278 g/mol. The molecule has 0 saturated heterocycles. The summed E-state index contributed by atoms with van der Waals surface area (Å²) in [7, 11) is 0. The molecule has 0 bridgehead atoms. The van der Waals surface area contributed by atoms with Gasteiger partial charge in [-0.25, -0.2) is 0 Å². The fraction of sp³-hybridized carbons (Fsp3) is 0.400. The van der Waals surface area contributed by atoms with Crippen LogP contribution >= 0.6 is 0 Å². The number of rotatable bonds is 4. The van der Waals surface area contributed by atoms with Crippen molar-refractivity contribution in [2.45, 2.75) is 40.7 Å². The molecule has 1 rings (SSSR count). The molecule has 0 saturated carbocycles. The molecule has 5 heteroatoms. The van der Waals surface area contributed by atoms with Gasteiger partial charge in [-0.15, -0.1) is 0 Å². The highest BCUT2D eigenvalue weighted by atomic mass is 16.5. The number of esters is 2. The molecule has 0 amide bonds. The predicted octanol–water partition coefficient (Wildman–Crippen LogP) is 2.34. The number of ether oxygens (including phenoxy) is 2. The zero-order valence-electron chi connectivity index (χ0n) is 12.3. The second-order valence-electron chi connectivity index (χ2n) is 4.62. The summed E-state index contributed by atoms with van der Waals surface area (Å²) in [5.74, 6) is -0.580. The molecule has 1 aromatic carbocycles. The molecule has 1 aromatic rings. The number of hydrogen-bond donors (Lipinski definition) is 0. The third-order valence-corrected chi connectivity index (χ3v) is 3.05. The summed E-state index contributed by atoms with van der Waals surface area (Å²) < 4.78 is 10.2. The van der Waals surface area contributed by atoms with Crippen LogP contribution in [0.25, 0.3) is 0 Å². The summed E-state index contributed by atoms with van der Waals surface area (Å²) in [6, 6.07) is 1.76. The maximum Gasteiger partial charge on any atom is 0.308 e. The Hall–Kier alpha value is -2.17. The van der Waals surface area contributed by atoms with Gasteiger partial charge >= 0.3 is 11.9 Å². The Labute approximate surface area is 117 Å². The quantitative estimate of drug-likeness (QED) is 0.480. The van der Waals surface area contributed by atoms with Crippen molar-refractivity contribution >= 4 is 18.2 Å². The van der Waals surface area contributed by atoms with Crippen molar-refractivity contribution in [3.63, 3.8) is 0 Å². The number of aryl methyl sites for hydroxylation is 1. The Morgan fingerprint density at radius 3 is 2.15 bits per heavy atom. The lowest BCUT2D eigenvalue weighted by atomic mass is 9.96. The van der Waals surface area contributed by atoms with Crippen molar-refractivity contribution in [2.24, 2.45) is 0 Å². The maximum atomic E-state index is 11.2. The van der Waals surface area contributed by atoms with E-state index in [9.17, 15) is 14.4 Å². The van der Waals surface area contributed by atoms with E-state index in [0.29, 0.717) is 23.2 Å². The van der Waals surface area contributed by atoms with Crippen molar-refractivity contribution in [3.8, 4) is 5.75 Å². The smallest absolute Gasteiger partial charge is 0.308 e. The first-order chi connectivity index (χ1) is 9.27. The van der Waals surface area contributed by atoms with E-state index >= 15 is 0 Å². The predicted molar refractivity (Wildman–Crippen MR) is 72.5 cm³/mol. The molecular weight excluding hydrogens is 260 g/mol. The second-order valence-corrected chi connectivity index (χ2v) is 4.62. The molecule has 1 atom stereocenters. The van der Waals surface area contributed by atoms with E-state index in [1.807, 2.05) is 13.8 Å². The molecule has 0 aliphatic heterocycles. The first kappa shape index (κ1) is 15.9. The van der Waals surface area contributed by atoms with Crippen LogP contribution in [-0.2, 0) is 19.1 Å². The lowest BCUT2D eigenvalue weighted by molar-refractivity contribution is -0.149. The molecule has 5 nitrogen and oxygen atoms in total. The molecule has 0 aromatic heterocycles. The zero-order valence-corrected chi connectivity index (χ0v) is 12.3. The number of hydrogen-bond acceptors (Lipinski definition) is 5. The van der Waals surface area contributed by atoms with Gasteiger partial charge in [0.1, 0.15) is 5.75 Å². The van der Waals surface area contributed by atoms with Gasteiger partial charge in [0.15, 0.2) is 12.4 Å². The first-order valence-corrected chi connectivity index (χ1v) is 6.19. The van der Waals surface area contributed by atoms with Crippen molar-refractivity contribution in [1.29, 1.82) is 0 Å². The van der Waals surface area contributed by atoms with E-state index in [1.54, 1.807) is 13.0 Å². The highest BCUT2D eigenvalue weighted by Crippen LogP contribution is 2.33. The summed E-state index contributed by atoms with van der Waals surface area (Å²) in [5.41, 5.74) is 2.80. The molecule has 20 heavy (non-hydrogen) atoms. The van der Waals surface area contributed by atoms with Crippen LogP contribution in [0.1, 0.15) is 42.2 Å². The van der Waals surface area contributed by atoms with Gasteiger partial charge in [-0.05, 0) is 37.5 Å². The summed E-state index contributed by atoms with van der Waals surface area (Å²) in [6.45, 7) is 7.93. The van der Waals surface area contributed by atoms with Crippen LogP contribution in [0.2, 0.25) is 0 Å². The van der Waals surface area contributed by atoms with Crippen LogP contribution in [-0.4, -0.2) is 18.2 Å². The number of carbonyl (C=O) groups excluding carboxylic acids is 3. The molecular formula is C15H18O5. The highest BCUT2D eigenvalue weighted by Gasteiger charge is 2.21. The van der Waals surface area contributed by atoms with Gasteiger partial charge in [0, 0.05) is 19.4 Å². The largest absolute Gasteiger partial charge is 0.450 e. The molecule has 108 valence electrons. The van der Waals surface area contributed by atoms with E-state index in [2.05, 4.69) is 0 Å². The summed E-state index contributed by atoms with van der Waals surface area (Å²) in [5, 5.41) is 0. The highest BCUT2D eigenvalue weighted by molar-refractivity contribution is 5.74. The molecule has 0 aliphatic rings. The van der Waals surface area contributed by atoms with Crippen LogP contribution in [0, 0.1) is 20.8 Å². The Kier molecular flexibility index (Phi) is 5.02. The first-order valence-electron chi connectivity index (χ1n) is 6.19. The summed E-state index contributed by atoms with van der Waals surface area (Å²) >= 11 is 0. The van der Waals surface area contributed by atoms with Gasteiger partial charge in [0.25, 0.3) is 0 Å². The third kappa shape index (κ3) is 3.44. The Bertz CT molecular complexity index is 560. The van der Waals surface area contributed by atoms with Gasteiger partial charge in [-0.2, -0.15) is 0 Å². The van der Waals surface area contributed by atoms with E-state index in [-0.39, 0.29) is 0 Å². The van der Waals surface area contributed by atoms with Crippen LogP contribution in [0.4, 0.5) is 0 Å². The SMILES string of the molecule is CC(=O)Oc1c(C)c(C)cc(C(C=O)OC(C)=O)c1C. The number of aldehydes is 1. The topological polar surface area (TPSA) is 69.7 Å². The van der Waals surface area contributed by atoms with Gasteiger partial charge in [0.05, 0.1) is 0 Å². The van der Waals surface area contributed by atoms with Gasteiger partial charge in [-0.3, -0.25) is 14.4 Å². The molecule has 0 aliphatic carbocycles. The van der Waals surface area contributed by atoms with E-state index in [1.165, 1.54) is 13.8 Å². The van der Waals surface area contributed by atoms with Crippen LogP contribution in [0.3, 0.4) is 0 Å². The average Bonchev–Trinajstić information content (AvgIpc) is 2.36.